The average Bonchev–Trinajstić information content (AvgIpc) is 3.02. The lowest BCUT2D eigenvalue weighted by atomic mass is 9.91. The van der Waals surface area contributed by atoms with E-state index in [1.165, 1.54) is 34.9 Å². The Kier molecular flexibility index (Phi) is 3.81. The van der Waals surface area contributed by atoms with Crippen LogP contribution in [0.25, 0.3) is 0 Å². The molecule has 1 aliphatic rings. The molecular weight excluding hydrogens is 252 g/mol. The highest BCUT2D eigenvalue weighted by atomic mass is 16.5. The van der Waals surface area contributed by atoms with Crippen LogP contribution in [0.3, 0.4) is 0 Å². The molecule has 0 spiro atoms. The van der Waals surface area contributed by atoms with Crippen LogP contribution in [0.2, 0.25) is 0 Å². The Morgan fingerprint density at radius 2 is 2.20 bits per heavy atom. The lowest BCUT2D eigenvalue weighted by molar-refractivity contribution is 0.0880. The van der Waals surface area contributed by atoms with Crippen molar-refractivity contribution in [2.24, 2.45) is 0 Å². The zero-order valence-electron chi connectivity index (χ0n) is 11.4. The topological polar surface area (TPSA) is 44.1 Å². The largest absolute Gasteiger partial charge is 0.493 e. The molecule has 0 fully saturated rings. The Hall–Kier alpha value is -2.10. The summed E-state index contributed by atoms with van der Waals surface area (Å²) >= 11 is 0. The van der Waals surface area contributed by atoms with Gasteiger partial charge in [-0.25, -0.2) is 4.98 Å². The molecule has 0 atom stereocenters. The maximum atomic E-state index is 11.8. The smallest absolute Gasteiger partial charge is 0.235 e. The summed E-state index contributed by atoms with van der Waals surface area (Å²) < 4.78 is 7.31. The van der Waals surface area contributed by atoms with Gasteiger partial charge >= 0.3 is 0 Å². The summed E-state index contributed by atoms with van der Waals surface area (Å²) in [4.78, 5) is 15.7. The molecule has 4 heteroatoms. The standard InChI is InChI=1S/C16H18N2O2/c19-16(18-10-9-17-12-18)8-11-20-15-7-3-5-13-4-1-2-6-14(13)15/h3,5,7,9-10,12H,1-2,4,6,8,11H2. The van der Waals surface area contributed by atoms with E-state index in [4.69, 9.17) is 4.74 Å². The number of ether oxygens (including phenoxy) is 1. The van der Waals surface area contributed by atoms with Gasteiger partial charge in [-0.1, -0.05) is 12.1 Å². The van der Waals surface area contributed by atoms with Crippen LogP contribution in [-0.4, -0.2) is 22.1 Å². The van der Waals surface area contributed by atoms with E-state index >= 15 is 0 Å². The molecular formula is C16H18N2O2. The van der Waals surface area contributed by atoms with E-state index in [9.17, 15) is 4.79 Å². The lowest BCUT2D eigenvalue weighted by Crippen LogP contribution is -2.14. The molecule has 0 saturated heterocycles. The fraction of sp³-hybridized carbons (Fsp3) is 0.375. The second-order valence-corrected chi connectivity index (χ2v) is 5.06. The van der Waals surface area contributed by atoms with Crippen molar-refractivity contribution in [2.75, 3.05) is 6.61 Å². The summed E-state index contributed by atoms with van der Waals surface area (Å²) in [5.41, 5.74) is 2.73. The van der Waals surface area contributed by atoms with Crippen LogP contribution in [0.5, 0.6) is 5.75 Å². The zero-order valence-corrected chi connectivity index (χ0v) is 11.4. The number of aromatic nitrogens is 2. The third-order valence-electron chi connectivity index (χ3n) is 3.72. The Balaban J connectivity index is 1.60. The van der Waals surface area contributed by atoms with E-state index in [0.29, 0.717) is 13.0 Å². The van der Waals surface area contributed by atoms with Crippen molar-refractivity contribution in [1.29, 1.82) is 0 Å². The maximum Gasteiger partial charge on any atom is 0.235 e. The van der Waals surface area contributed by atoms with Gasteiger partial charge in [0.15, 0.2) is 0 Å². The van der Waals surface area contributed by atoms with Crippen molar-refractivity contribution < 1.29 is 9.53 Å². The van der Waals surface area contributed by atoms with Gasteiger partial charge in [0, 0.05) is 12.4 Å². The van der Waals surface area contributed by atoms with Crippen LogP contribution in [-0.2, 0) is 12.8 Å². The van der Waals surface area contributed by atoms with Crippen LogP contribution in [0.4, 0.5) is 0 Å². The molecule has 0 radical (unpaired) electrons. The number of benzene rings is 1. The third-order valence-corrected chi connectivity index (χ3v) is 3.72. The number of hydrogen-bond donors (Lipinski definition) is 0. The molecule has 1 aromatic heterocycles. The quantitative estimate of drug-likeness (QED) is 0.858. The number of fused-ring (bicyclic) bond motifs is 1. The van der Waals surface area contributed by atoms with E-state index in [2.05, 4.69) is 11.1 Å². The van der Waals surface area contributed by atoms with Gasteiger partial charge in [0.25, 0.3) is 0 Å². The van der Waals surface area contributed by atoms with Crippen molar-refractivity contribution in [2.45, 2.75) is 32.1 Å². The number of imidazole rings is 1. The van der Waals surface area contributed by atoms with Crippen molar-refractivity contribution in [3.8, 4) is 5.75 Å². The highest BCUT2D eigenvalue weighted by Gasteiger charge is 2.14. The fourth-order valence-electron chi connectivity index (χ4n) is 2.67. The van der Waals surface area contributed by atoms with Crippen molar-refractivity contribution in [3.63, 3.8) is 0 Å². The van der Waals surface area contributed by atoms with Gasteiger partial charge < -0.3 is 4.74 Å². The number of rotatable bonds is 4. The van der Waals surface area contributed by atoms with E-state index in [0.717, 1.165) is 18.6 Å². The first kappa shape index (κ1) is 12.9. The van der Waals surface area contributed by atoms with Crippen molar-refractivity contribution >= 4 is 5.91 Å². The van der Waals surface area contributed by atoms with E-state index in [-0.39, 0.29) is 5.91 Å². The second-order valence-electron chi connectivity index (χ2n) is 5.06. The SMILES string of the molecule is O=C(CCOc1cccc2c1CCCC2)n1ccnc1. The van der Waals surface area contributed by atoms with Gasteiger partial charge in [-0.05, 0) is 42.9 Å². The molecule has 2 aromatic rings. The molecule has 0 saturated carbocycles. The normalized spacial score (nSPS) is 13.8. The number of hydrogen-bond acceptors (Lipinski definition) is 3. The van der Waals surface area contributed by atoms with Gasteiger partial charge in [-0.15, -0.1) is 0 Å². The molecule has 4 nitrogen and oxygen atoms in total. The van der Waals surface area contributed by atoms with Crippen LogP contribution in [0.1, 0.15) is 35.2 Å². The van der Waals surface area contributed by atoms with Crippen molar-refractivity contribution in [3.05, 3.63) is 48.0 Å². The molecule has 1 heterocycles. The van der Waals surface area contributed by atoms with E-state index < -0.39 is 0 Å². The Bertz CT molecular complexity index is 591. The molecule has 0 aliphatic heterocycles. The highest BCUT2D eigenvalue weighted by Crippen LogP contribution is 2.29. The summed E-state index contributed by atoms with van der Waals surface area (Å²) in [6.07, 6.45) is 9.85. The number of carbonyl (C=O) groups is 1. The number of carbonyl (C=O) groups excluding carboxylic acids is 1. The average molecular weight is 270 g/mol. The molecule has 1 aromatic carbocycles. The van der Waals surface area contributed by atoms with Gasteiger partial charge in [0.05, 0.1) is 13.0 Å². The molecule has 0 N–H and O–H groups in total. The first-order chi connectivity index (χ1) is 9.84. The Morgan fingerprint density at radius 3 is 3.05 bits per heavy atom. The monoisotopic (exact) mass is 270 g/mol. The van der Waals surface area contributed by atoms with Crippen LogP contribution in [0.15, 0.2) is 36.9 Å². The van der Waals surface area contributed by atoms with Crippen LogP contribution >= 0.6 is 0 Å². The van der Waals surface area contributed by atoms with Crippen LogP contribution < -0.4 is 4.74 Å². The van der Waals surface area contributed by atoms with Crippen molar-refractivity contribution in [1.82, 2.24) is 9.55 Å². The third kappa shape index (κ3) is 2.74. The minimum absolute atomic E-state index is 0.00676. The summed E-state index contributed by atoms with van der Waals surface area (Å²) in [6, 6.07) is 6.22. The zero-order chi connectivity index (χ0) is 13.8. The predicted molar refractivity (Wildman–Crippen MR) is 76.0 cm³/mol. The molecule has 0 unspecified atom stereocenters. The number of aryl methyl sites for hydroxylation is 1. The molecule has 20 heavy (non-hydrogen) atoms. The molecule has 0 amide bonds. The lowest BCUT2D eigenvalue weighted by Gasteiger charge is -2.19. The van der Waals surface area contributed by atoms with Gasteiger partial charge in [-0.3, -0.25) is 9.36 Å². The minimum Gasteiger partial charge on any atom is -0.493 e. The Morgan fingerprint density at radius 1 is 1.30 bits per heavy atom. The highest BCUT2D eigenvalue weighted by molar-refractivity contribution is 5.78. The van der Waals surface area contributed by atoms with Gasteiger partial charge in [-0.2, -0.15) is 0 Å². The fourth-order valence-corrected chi connectivity index (χ4v) is 2.67. The van der Waals surface area contributed by atoms with E-state index in [1.807, 2.05) is 12.1 Å². The summed E-state index contributed by atoms with van der Waals surface area (Å²) in [7, 11) is 0. The summed E-state index contributed by atoms with van der Waals surface area (Å²) in [5.74, 6) is 0.952. The second kappa shape index (κ2) is 5.90. The summed E-state index contributed by atoms with van der Waals surface area (Å²) in [6.45, 7) is 0.410. The maximum absolute atomic E-state index is 11.8. The molecule has 3 rings (SSSR count). The van der Waals surface area contributed by atoms with Gasteiger partial charge in [0.1, 0.15) is 12.1 Å². The first-order valence-electron chi connectivity index (χ1n) is 7.09. The Labute approximate surface area is 118 Å². The molecule has 0 bridgehead atoms. The first-order valence-corrected chi connectivity index (χ1v) is 7.09. The van der Waals surface area contributed by atoms with E-state index in [1.54, 1.807) is 12.4 Å². The predicted octanol–water partition coefficient (Wildman–Crippen LogP) is 2.87. The molecule has 104 valence electrons. The molecule has 1 aliphatic carbocycles. The summed E-state index contributed by atoms with van der Waals surface area (Å²) in [5, 5.41) is 0. The van der Waals surface area contributed by atoms with Crippen LogP contribution in [0, 0.1) is 0 Å². The minimum atomic E-state index is 0.00676. The van der Waals surface area contributed by atoms with Gasteiger partial charge in [0.2, 0.25) is 5.91 Å². The number of nitrogens with zero attached hydrogens (tertiary/aromatic N) is 2.